The Balaban J connectivity index is 1.53. The number of hydrogen-bond donors (Lipinski definition) is 1. The zero-order valence-corrected chi connectivity index (χ0v) is 20.9. The molecule has 2 aliphatic rings. The molecule has 6 heteroatoms. The highest BCUT2D eigenvalue weighted by Crippen LogP contribution is 2.44. The fraction of sp³-hybridized carbons (Fsp3) is 0.556. The van der Waals surface area contributed by atoms with E-state index < -0.39 is 5.92 Å². The highest BCUT2D eigenvalue weighted by Gasteiger charge is 2.44. The fourth-order valence-corrected chi connectivity index (χ4v) is 6.23. The van der Waals surface area contributed by atoms with Crippen molar-refractivity contribution in [1.29, 1.82) is 0 Å². The van der Waals surface area contributed by atoms with E-state index in [0.717, 1.165) is 35.9 Å². The van der Waals surface area contributed by atoms with Crippen LogP contribution in [0.1, 0.15) is 72.8 Å². The summed E-state index contributed by atoms with van der Waals surface area (Å²) in [5.41, 5.74) is 1.51. The normalized spacial score (nSPS) is 23.6. The number of carbonyl (C=O) groups is 2. The van der Waals surface area contributed by atoms with E-state index in [-0.39, 0.29) is 17.9 Å². The molecule has 1 aromatic carbocycles. The van der Waals surface area contributed by atoms with E-state index in [2.05, 4.69) is 37.1 Å². The van der Waals surface area contributed by atoms with Crippen molar-refractivity contribution >= 4 is 23.2 Å². The van der Waals surface area contributed by atoms with E-state index in [0.29, 0.717) is 24.6 Å². The van der Waals surface area contributed by atoms with Gasteiger partial charge in [0.25, 0.3) is 5.91 Å². The van der Waals surface area contributed by atoms with Crippen LogP contribution >= 0.6 is 11.3 Å². The van der Waals surface area contributed by atoms with Crippen LogP contribution in [0.15, 0.2) is 41.8 Å². The molecule has 0 aliphatic carbocycles. The van der Waals surface area contributed by atoms with E-state index in [9.17, 15) is 9.59 Å². The van der Waals surface area contributed by atoms with Crippen molar-refractivity contribution in [1.82, 2.24) is 15.1 Å². The molecule has 33 heavy (non-hydrogen) atoms. The summed E-state index contributed by atoms with van der Waals surface area (Å²) in [7, 11) is 0. The Labute approximate surface area is 202 Å². The van der Waals surface area contributed by atoms with Crippen LogP contribution in [-0.2, 0) is 4.79 Å². The first-order valence-electron chi connectivity index (χ1n) is 12.4. The van der Waals surface area contributed by atoms with Crippen LogP contribution in [-0.4, -0.2) is 54.3 Å². The third-order valence-corrected chi connectivity index (χ3v) is 7.75. The van der Waals surface area contributed by atoms with Gasteiger partial charge < -0.3 is 15.1 Å². The van der Waals surface area contributed by atoms with Gasteiger partial charge in [-0.3, -0.25) is 9.59 Å². The molecule has 2 aromatic rings. The largest absolute Gasteiger partial charge is 0.355 e. The monoisotopic (exact) mass is 467 g/mol. The number of fused-ring (bicyclic) bond motifs is 1. The molecule has 178 valence electrons. The summed E-state index contributed by atoms with van der Waals surface area (Å²) >= 11 is 1.62. The lowest BCUT2D eigenvalue weighted by Crippen LogP contribution is -2.48. The third-order valence-electron chi connectivity index (χ3n) is 6.81. The Kier molecular flexibility index (Phi) is 7.86. The van der Waals surface area contributed by atoms with Gasteiger partial charge >= 0.3 is 0 Å². The number of amides is 2. The van der Waals surface area contributed by atoms with Crippen LogP contribution in [0.3, 0.4) is 0 Å². The van der Waals surface area contributed by atoms with Gasteiger partial charge in [-0.25, -0.2) is 0 Å². The van der Waals surface area contributed by atoms with Crippen molar-refractivity contribution < 1.29 is 9.59 Å². The summed E-state index contributed by atoms with van der Waals surface area (Å²) < 4.78 is 0. The zero-order chi connectivity index (χ0) is 23.4. The number of hydrogen-bond acceptors (Lipinski definition) is 4. The Morgan fingerprint density at radius 1 is 1.21 bits per heavy atom. The number of likely N-dealkylation sites (tertiary alicyclic amines) is 1. The van der Waals surface area contributed by atoms with Crippen LogP contribution in [0, 0.1) is 11.8 Å². The summed E-state index contributed by atoms with van der Waals surface area (Å²) in [5, 5.41) is 5.26. The van der Waals surface area contributed by atoms with E-state index in [1.165, 1.54) is 19.4 Å². The zero-order valence-electron chi connectivity index (χ0n) is 20.1. The van der Waals surface area contributed by atoms with Crippen molar-refractivity contribution in [3.63, 3.8) is 0 Å². The standard InChI is InChI=1S/C27H37N3O2S/c1-19(2)17-30-25(23-12-7-16-33-23)24(21-10-4-5-11-22(21)27(30)32)26(31)28-13-8-15-29-14-6-9-20(3)18-29/h4-5,7,10-12,16,19-20,24-25H,6,8-9,13-15,17-18H2,1-3H3,(H,28,31). The maximum atomic E-state index is 13.6. The Bertz CT molecular complexity index is 943. The molecule has 1 N–H and O–H groups in total. The molecule has 0 radical (unpaired) electrons. The minimum Gasteiger partial charge on any atom is -0.355 e. The summed E-state index contributed by atoms with van der Waals surface area (Å²) in [6, 6.07) is 11.5. The molecular weight excluding hydrogens is 430 g/mol. The van der Waals surface area contributed by atoms with E-state index in [4.69, 9.17) is 0 Å². The molecule has 0 saturated carbocycles. The van der Waals surface area contributed by atoms with Crippen LogP contribution in [0.5, 0.6) is 0 Å². The molecule has 1 saturated heterocycles. The highest BCUT2D eigenvalue weighted by atomic mass is 32.1. The molecule has 3 atom stereocenters. The second-order valence-electron chi connectivity index (χ2n) is 10.1. The van der Waals surface area contributed by atoms with Gasteiger partial charge in [-0.05, 0) is 67.3 Å². The third kappa shape index (κ3) is 5.49. The molecule has 4 rings (SSSR count). The van der Waals surface area contributed by atoms with Gasteiger partial charge in [-0.15, -0.1) is 11.3 Å². The molecule has 5 nitrogen and oxygen atoms in total. The lowest BCUT2D eigenvalue weighted by Gasteiger charge is -2.42. The van der Waals surface area contributed by atoms with Gasteiger partial charge in [0.05, 0.1) is 12.0 Å². The molecule has 2 aliphatic heterocycles. The maximum Gasteiger partial charge on any atom is 0.254 e. The first-order chi connectivity index (χ1) is 16.0. The smallest absolute Gasteiger partial charge is 0.254 e. The molecule has 0 spiro atoms. The average molecular weight is 468 g/mol. The van der Waals surface area contributed by atoms with Crippen molar-refractivity contribution in [2.45, 2.75) is 52.0 Å². The fourth-order valence-electron chi connectivity index (χ4n) is 5.36. The SMILES string of the molecule is CC(C)CN1C(=O)c2ccccc2C(C(=O)NCCCN2CCCC(C)C2)C1c1cccs1. The predicted molar refractivity (Wildman–Crippen MR) is 135 cm³/mol. The Morgan fingerprint density at radius 2 is 2.03 bits per heavy atom. The van der Waals surface area contributed by atoms with Crippen molar-refractivity contribution in [2.75, 3.05) is 32.7 Å². The van der Waals surface area contributed by atoms with Gasteiger partial charge in [-0.1, -0.05) is 45.0 Å². The van der Waals surface area contributed by atoms with Crippen molar-refractivity contribution in [3.8, 4) is 0 Å². The predicted octanol–water partition coefficient (Wildman–Crippen LogP) is 4.92. The quantitative estimate of drug-likeness (QED) is 0.561. The number of carbonyl (C=O) groups excluding carboxylic acids is 2. The summed E-state index contributed by atoms with van der Waals surface area (Å²) in [5.74, 6) is 0.738. The Hall–Kier alpha value is -2.18. The first-order valence-corrected chi connectivity index (χ1v) is 13.3. The first kappa shape index (κ1) is 24.0. The molecule has 2 amide bonds. The number of benzene rings is 1. The maximum absolute atomic E-state index is 13.6. The van der Waals surface area contributed by atoms with Gasteiger partial charge in [0.1, 0.15) is 0 Å². The van der Waals surface area contributed by atoms with Crippen LogP contribution in [0.2, 0.25) is 0 Å². The van der Waals surface area contributed by atoms with Crippen LogP contribution in [0.4, 0.5) is 0 Å². The van der Waals surface area contributed by atoms with E-state index >= 15 is 0 Å². The molecular formula is C27H37N3O2S. The number of nitrogens with one attached hydrogen (secondary N) is 1. The topological polar surface area (TPSA) is 52.7 Å². The van der Waals surface area contributed by atoms with Crippen LogP contribution < -0.4 is 5.32 Å². The molecule has 1 aromatic heterocycles. The summed E-state index contributed by atoms with van der Waals surface area (Å²) in [6.45, 7) is 11.2. The van der Waals surface area contributed by atoms with E-state index in [1.807, 2.05) is 40.6 Å². The molecule has 1 fully saturated rings. The Morgan fingerprint density at radius 3 is 2.76 bits per heavy atom. The summed E-state index contributed by atoms with van der Waals surface area (Å²) in [4.78, 5) is 32.7. The highest BCUT2D eigenvalue weighted by molar-refractivity contribution is 7.10. The number of thiophene rings is 1. The van der Waals surface area contributed by atoms with Crippen LogP contribution in [0.25, 0.3) is 0 Å². The number of rotatable bonds is 8. The van der Waals surface area contributed by atoms with Crippen molar-refractivity contribution in [2.24, 2.45) is 11.8 Å². The number of nitrogens with zero attached hydrogens (tertiary/aromatic N) is 2. The lowest BCUT2D eigenvalue weighted by atomic mass is 9.81. The lowest BCUT2D eigenvalue weighted by molar-refractivity contribution is -0.124. The van der Waals surface area contributed by atoms with Gasteiger partial charge in [0.2, 0.25) is 5.91 Å². The molecule has 3 heterocycles. The van der Waals surface area contributed by atoms with Gasteiger partial charge in [0.15, 0.2) is 0 Å². The molecule has 0 bridgehead atoms. The minimum absolute atomic E-state index is 0.0223. The summed E-state index contributed by atoms with van der Waals surface area (Å²) in [6.07, 6.45) is 3.55. The second kappa shape index (κ2) is 10.8. The molecule has 3 unspecified atom stereocenters. The van der Waals surface area contributed by atoms with Gasteiger partial charge in [0, 0.05) is 30.1 Å². The van der Waals surface area contributed by atoms with Gasteiger partial charge in [-0.2, -0.15) is 0 Å². The van der Waals surface area contributed by atoms with E-state index in [1.54, 1.807) is 11.3 Å². The minimum atomic E-state index is -0.397. The van der Waals surface area contributed by atoms with Crippen molar-refractivity contribution in [3.05, 3.63) is 57.8 Å². The number of piperidine rings is 1. The second-order valence-corrected chi connectivity index (χ2v) is 11.0. The average Bonchev–Trinajstić information content (AvgIpc) is 3.32.